The second-order valence-electron chi connectivity index (χ2n) is 13.1. The molecule has 0 bridgehead atoms. The Morgan fingerprint density at radius 2 is 1.33 bits per heavy atom. The first-order valence-corrected chi connectivity index (χ1v) is 16.9. The second kappa shape index (κ2) is 17.3. The summed E-state index contributed by atoms with van der Waals surface area (Å²) in [5.41, 5.74) is 2.86. The summed E-state index contributed by atoms with van der Waals surface area (Å²) in [4.78, 5) is 57.0. The van der Waals surface area contributed by atoms with Crippen LogP contribution >= 0.6 is 0 Å². The van der Waals surface area contributed by atoms with Crippen molar-refractivity contribution in [2.75, 3.05) is 43.0 Å². The molecule has 0 saturated carbocycles. The van der Waals surface area contributed by atoms with Crippen LogP contribution in [0.4, 0.5) is 21.0 Å². The van der Waals surface area contributed by atoms with Crippen LogP contribution in [0.2, 0.25) is 0 Å². The highest BCUT2D eigenvalue weighted by molar-refractivity contribution is 6.14. The number of hydrogen-bond donors (Lipinski definition) is 2. The Morgan fingerprint density at radius 1 is 0.745 bits per heavy atom. The highest BCUT2D eigenvalue weighted by atomic mass is 16.6. The molecule has 11 heteroatoms. The van der Waals surface area contributed by atoms with Crippen molar-refractivity contribution in [2.45, 2.75) is 45.6 Å². The highest BCUT2D eigenvalue weighted by Crippen LogP contribution is 2.28. The zero-order chi connectivity index (χ0) is 36.2. The number of hydrogen-bond acceptors (Lipinski definition) is 8. The van der Waals surface area contributed by atoms with E-state index < -0.39 is 23.6 Å². The predicted molar refractivity (Wildman–Crippen MR) is 195 cm³/mol. The number of piperazine rings is 1. The lowest BCUT2D eigenvalue weighted by atomic mass is 10.0. The fraction of sp³-hybridized carbons (Fsp3) is 0.300. The third kappa shape index (κ3) is 10.9. The summed E-state index contributed by atoms with van der Waals surface area (Å²) >= 11 is 0. The van der Waals surface area contributed by atoms with Crippen LogP contribution in [0.3, 0.4) is 0 Å². The van der Waals surface area contributed by atoms with Crippen molar-refractivity contribution in [3.63, 3.8) is 0 Å². The molecule has 0 radical (unpaired) electrons. The van der Waals surface area contributed by atoms with Gasteiger partial charge in [0.1, 0.15) is 18.2 Å². The number of ketones is 1. The molecule has 5 rings (SSSR count). The Balaban J connectivity index is 1.35. The van der Waals surface area contributed by atoms with Gasteiger partial charge in [0, 0.05) is 43.0 Å². The summed E-state index contributed by atoms with van der Waals surface area (Å²) in [5.74, 6) is -0.868. The number of carbonyl (C=O) groups is 4. The van der Waals surface area contributed by atoms with Gasteiger partial charge in [-0.2, -0.15) is 0 Å². The Bertz CT molecular complexity index is 1770. The maximum absolute atomic E-state index is 14.0. The number of alkyl carbamates (subject to hydrolysis) is 1. The first kappa shape index (κ1) is 36.6. The molecule has 51 heavy (non-hydrogen) atoms. The zero-order valence-corrected chi connectivity index (χ0v) is 29.2. The second-order valence-corrected chi connectivity index (χ2v) is 13.1. The first-order chi connectivity index (χ1) is 24.6. The molecule has 0 unspecified atom stereocenters. The Morgan fingerprint density at radius 3 is 1.94 bits per heavy atom. The molecule has 1 heterocycles. The molecule has 0 aliphatic carbocycles. The number of amides is 3. The summed E-state index contributed by atoms with van der Waals surface area (Å²) < 4.78 is 16.8. The summed E-state index contributed by atoms with van der Waals surface area (Å²) in [7, 11) is 0. The number of nitrogens with zero attached hydrogens (tertiary/aromatic N) is 2. The smallest absolute Gasteiger partial charge is 0.410 e. The van der Waals surface area contributed by atoms with Gasteiger partial charge in [-0.1, -0.05) is 91.0 Å². The first-order valence-electron chi connectivity index (χ1n) is 16.9. The van der Waals surface area contributed by atoms with Crippen molar-refractivity contribution < 1.29 is 33.4 Å². The van der Waals surface area contributed by atoms with Crippen LogP contribution in [0.15, 0.2) is 109 Å². The van der Waals surface area contributed by atoms with Gasteiger partial charge in [0.05, 0.1) is 18.9 Å². The van der Waals surface area contributed by atoms with E-state index in [-0.39, 0.29) is 42.9 Å². The molecule has 4 aromatic carbocycles. The van der Waals surface area contributed by atoms with Crippen LogP contribution in [0.5, 0.6) is 0 Å². The fourth-order valence-electron chi connectivity index (χ4n) is 5.43. The highest BCUT2D eigenvalue weighted by Gasteiger charge is 2.28. The number of nitrogens with one attached hydrogen (secondary N) is 2. The van der Waals surface area contributed by atoms with E-state index in [1.165, 1.54) is 0 Å². The minimum Gasteiger partial charge on any atom is -0.445 e. The molecule has 1 saturated heterocycles. The van der Waals surface area contributed by atoms with Crippen LogP contribution in [0, 0.1) is 0 Å². The normalized spacial score (nSPS) is 13.5. The molecule has 1 fully saturated rings. The molecule has 11 nitrogen and oxygen atoms in total. The van der Waals surface area contributed by atoms with Crippen molar-refractivity contribution in [1.82, 2.24) is 10.2 Å². The molecule has 2 N–H and O–H groups in total. The van der Waals surface area contributed by atoms with Crippen molar-refractivity contribution in [2.24, 2.45) is 0 Å². The van der Waals surface area contributed by atoms with Gasteiger partial charge in [-0.15, -0.1) is 0 Å². The molecule has 1 aliphatic heterocycles. The number of rotatable bonds is 12. The van der Waals surface area contributed by atoms with Crippen LogP contribution in [0.1, 0.15) is 47.8 Å². The van der Waals surface area contributed by atoms with E-state index in [0.717, 1.165) is 16.8 Å². The number of ether oxygens (including phenoxy) is 3. The molecule has 0 aromatic heterocycles. The van der Waals surface area contributed by atoms with Crippen LogP contribution in [0.25, 0.3) is 0 Å². The van der Waals surface area contributed by atoms with Crippen LogP contribution in [-0.2, 0) is 32.2 Å². The van der Waals surface area contributed by atoms with Gasteiger partial charge in [0.15, 0.2) is 5.78 Å². The average molecular weight is 693 g/mol. The van der Waals surface area contributed by atoms with Gasteiger partial charge in [-0.25, -0.2) is 9.59 Å². The minimum absolute atomic E-state index is 0.0187. The van der Waals surface area contributed by atoms with Gasteiger partial charge < -0.3 is 34.6 Å². The Hall–Kier alpha value is -5.68. The van der Waals surface area contributed by atoms with Crippen molar-refractivity contribution >= 4 is 35.3 Å². The molecule has 1 atom stereocenters. The lowest BCUT2D eigenvalue weighted by Crippen LogP contribution is -2.50. The summed E-state index contributed by atoms with van der Waals surface area (Å²) in [6.07, 6.45) is -1.16. The predicted octanol–water partition coefficient (Wildman–Crippen LogP) is 6.43. The maximum atomic E-state index is 14.0. The fourth-order valence-corrected chi connectivity index (χ4v) is 5.43. The molecule has 266 valence electrons. The molecular formula is C40H44N4O7. The van der Waals surface area contributed by atoms with Crippen molar-refractivity contribution in [1.29, 1.82) is 0 Å². The van der Waals surface area contributed by atoms with E-state index in [0.29, 0.717) is 31.7 Å². The molecule has 1 aliphatic rings. The number of carbonyl (C=O) groups excluding carboxylic acids is 4. The monoisotopic (exact) mass is 692 g/mol. The molecule has 0 spiro atoms. The number of benzene rings is 4. The van der Waals surface area contributed by atoms with Gasteiger partial charge >= 0.3 is 12.2 Å². The van der Waals surface area contributed by atoms with E-state index in [4.69, 9.17) is 14.2 Å². The third-order valence-electron chi connectivity index (χ3n) is 8.06. The average Bonchev–Trinajstić information content (AvgIpc) is 3.14. The SMILES string of the molecule is CC(C)(C)OC(=O)N1CCN(c2ccc(C(=O)c3ccccc3)c(NC(=O)[C@@H](COCc3ccccc3)NC(=O)OCc3ccccc3)c2)CC1. The molecular weight excluding hydrogens is 648 g/mol. The summed E-state index contributed by atoms with van der Waals surface area (Å²) in [5, 5.41) is 5.54. The largest absolute Gasteiger partial charge is 0.445 e. The molecule has 4 aromatic rings. The summed E-state index contributed by atoms with van der Waals surface area (Å²) in [6.45, 7) is 7.49. The quantitative estimate of drug-likeness (QED) is 0.163. The lowest BCUT2D eigenvalue weighted by Gasteiger charge is -2.37. The van der Waals surface area contributed by atoms with Crippen molar-refractivity contribution in [3.05, 3.63) is 131 Å². The van der Waals surface area contributed by atoms with Gasteiger partial charge in [-0.3, -0.25) is 9.59 Å². The van der Waals surface area contributed by atoms with Gasteiger partial charge in [-0.05, 0) is 50.1 Å². The van der Waals surface area contributed by atoms with E-state index in [2.05, 4.69) is 15.5 Å². The van der Waals surface area contributed by atoms with E-state index >= 15 is 0 Å². The van der Waals surface area contributed by atoms with E-state index in [1.807, 2.05) is 93.6 Å². The lowest BCUT2D eigenvalue weighted by molar-refractivity contribution is -0.119. The Labute approximate surface area is 298 Å². The van der Waals surface area contributed by atoms with Gasteiger partial charge in [0.2, 0.25) is 5.91 Å². The van der Waals surface area contributed by atoms with Gasteiger partial charge in [0.25, 0.3) is 0 Å². The van der Waals surface area contributed by atoms with E-state index in [1.54, 1.807) is 41.3 Å². The Kier molecular flexibility index (Phi) is 12.4. The zero-order valence-electron chi connectivity index (χ0n) is 29.2. The molecule has 3 amide bonds. The van der Waals surface area contributed by atoms with E-state index in [9.17, 15) is 19.2 Å². The standard InChI is InChI=1S/C40H44N4O7/c1-40(2,3)51-39(48)44-23-21-43(22-24-44)32-19-20-33(36(45)31-17-11-6-12-18-31)34(25-32)41-37(46)35(28-49-26-29-13-7-4-8-14-29)42-38(47)50-27-30-15-9-5-10-16-30/h4-20,25,35H,21-24,26-28H2,1-3H3,(H,41,46)(H,42,47)/t35-/m1/s1. The van der Waals surface area contributed by atoms with Crippen LogP contribution in [-0.4, -0.2) is 73.2 Å². The maximum Gasteiger partial charge on any atom is 0.410 e. The van der Waals surface area contributed by atoms with Crippen LogP contribution < -0.4 is 15.5 Å². The minimum atomic E-state index is -1.15. The third-order valence-corrected chi connectivity index (χ3v) is 8.06. The van der Waals surface area contributed by atoms with Crippen molar-refractivity contribution in [3.8, 4) is 0 Å². The topological polar surface area (TPSA) is 127 Å². The summed E-state index contributed by atoms with van der Waals surface area (Å²) in [6, 6.07) is 31.6. The number of anilines is 2.